The van der Waals surface area contributed by atoms with Gasteiger partial charge in [0.25, 0.3) is 5.69 Å². The predicted molar refractivity (Wildman–Crippen MR) is 108 cm³/mol. The summed E-state index contributed by atoms with van der Waals surface area (Å²) in [6, 6.07) is 5.61. The van der Waals surface area contributed by atoms with Gasteiger partial charge in [0.05, 0.1) is 17.1 Å². The second-order valence-electron chi connectivity index (χ2n) is 6.43. The van der Waals surface area contributed by atoms with Gasteiger partial charge in [-0.25, -0.2) is 4.79 Å². The molecule has 0 unspecified atom stereocenters. The van der Waals surface area contributed by atoms with E-state index < -0.39 is 17.5 Å². The summed E-state index contributed by atoms with van der Waals surface area (Å²) in [5, 5.41) is 14.0. The zero-order chi connectivity index (χ0) is 21.6. The van der Waals surface area contributed by atoms with E-state index in [4.69, 9.17) is 9.47 Å². The van der Waals surface area contributed by atoms with E-state index in [9.17, 15) is 19.7 Å². The molecule has 1 aromatic heterocycles. The van der Waals surface area contributed by atoms with Crippen molar-refractivity contribution in [3.63, 3.8) is 0 Å². The van der Waals surface area contributed by atoms with E-state index in [0.717, 1.165) is 24.0 Å². The number of Topliss-reactive ketones (excluding diaryl/α,β-unsaturated/α-hetero) is 1. The van der Waals surface area contributed by atoms with Crippen LogP contribution in [0.4, 0.5) is 11.4 Å². The number of hydrogen-bond donors (Lipinski definition) is 1. The Morgan fingerprint density at radius 3 is 2.52 bits per heavy atom. The third-order valence-electron chi connectivity index (χ3n) is 4.58. The highest BCUT2D eigenvalue weighted by atomic mass is 16.6. The van der Waals surface area contributed by atoms with Crippen molar-refractivity contribution in [3.8, 4) is 0 Å². The Labute approximate surface area is 168 Å². The molecule has 1 aromatic carbocycles. The Kier molecular flexibility index (Phi) is 7.49. The zero-order valence-corrected chi connectivity index (χ0v) is 17.0. The maximum absolute atomic E-state index is 12.5. The molecular formula is C20H25N3O6. The minimum atomic E-state index is -0.814. The second kappa shape index (κ2) is 9.83. The van der Waals surface area contributed by atoms with E-state index in [-0.39, 0.29) is 17.0 Å². The lowest BCUT2D eigenvalue weighted by Crippen LogP contribution is -2.17. The molecule has 0 spiro atoms. The minimum absolute atomic E-state index is 0.0119. The predicted octanol–water partition coefficient (Wildman–Crippen LogP) is 3.13. The normalized spacial score (nSPS) is 10.6. The van der Waals surface area contributed by atoms with Crippen molar-refractivity contribution in [1.29, 1.82) is 0 Å². The first-order valence-corrected chi connectivity index (χ1v) is 9.18. The van der Waals surface area contributed by atoms with Crippen molar-refractivity contribution >= 4 is 23.1 Å². The number of benzene rings is 1. The molecule has 0 aliphatic rings. The summed E-state index contributed by atoms with van der Waals surface area (Å²) in [7, 11) is 1.54. The van der Waals surface area contributed by atoms with Crippen LogP contribution in [0.3, 0.4) is 0 Å². The van der Waals surface area contributed by atoms with Crippen molar-refractivity contribution in [2.24, 2.45) is 0 Å². The van der Waals surface area contributed by atoms with Crippen LogP contribution in [0, 0.1) is 24.0 Å². The fourth-order valence-corrected chi connectivity index (χ4v) is 3.11. The van der Waals surface area contributed by atoms with Crippen LogP contribution in [0.1, 0.15) is 39.0 Å². The number of esters is 1. The third kappa shape index (κ3) is 5.20. The van der Waals surface area contributed by atoms with Crippen molar-refractivity contribution < 1.29 is 24.0 Å². The van der Waals surface area contributed by atoms with Crippen LogP contribution < -0.4 is 5.32 Å². The molecular weight excluding hydrogens is 378 g/mol. The molecule has 2 rings (SSSR count). The van der Waals surface area contributed by atoms with Crippen molar-refractivity contribution in [3.05, 3.63) is 56.9 Å². The lowest BCUT2D eigenvalue weighted by molar-refractivity contribution is -0.384. The van der Waals surface area contributed by atoms with Gasteiger partial charge in [-0.3, -0.25) is 14.9 Å². The van der Waals surface area contributed by atoms with Gasteiger partial charge in [-0.05, 0) is 32.9 Å². The summed E-state index contributed by atoms with van der Waals surface area (Å²) in [5.41, 5.74) is 2.37. The van der Waals surface area contributed by atoms with E-state index >= 15 is 0 Å². The Hall–Kier alpha value is -3.20. The Morgan fingerprint density at radius 1 is 1.21 bits per heavy atom. The van der Waals surface area contributed by atoms with Gasteiger partial charge in [0, 0.05) is 55.0 Å². The molecule has 0 aliphatic heterocycles. The number of aryl methyl sites for hydroxylation is 1. The molecule has 9 heteroatoms. The molecule has 0 saturated heterocycles. The van der Waals surface area contributed by atoms with Crippen LogP contribution in [0.25, 0.3) is 0 Å². The summed E-state index contributed by atoms with van der Waals surface area (Å²) in [6.07, 6.45) is 0. The van der Waals surface area contributed by atoms with E-state index in [2.05, 4.69) is 5.32 Å². The topological polar surface area (TPSA) is 113 Å². The van der Waals surface area contributed by atoms with Gasteiger partial charge in [-0.2, -0.15) is 0 Å². The smallest absolute Gasteiger partial charge is 0.340 e. The Morgan fingerprint density at radius 2 is 1.93 bits per heavy atom. The van der Waals surface area contributed by atoms with Crippen molar-refractivity contribution in [2.75, 3.05) is 32.2 Å². The number of anilines is 1. The van der Waals surface area contributed by atoms with Gasteiger partial charge in [0.15, 0.2) is 6.61 Å². The molecule has 9 nitrogen and oxygen atoms in total. The van der Waals surface area contributed by atoms with Crippen LogP contribution in [0.5, 0.6) is 0 Å². The first-order chi connectivity index (χ1) is 13.8. The highest BCUT2D eigenvalue weighted by Crippen LogP contribution is 2.23. The fourth-order valence-electron chi connectivity index (χ4n) is 3.11. The molecule has 1 N–H and O–H groups in total. The monoisotopic (exact) mass is 403 g/mol. The van der Waals surface area contributed by atoms with Gasteiger partial charge < -0.3 is 19.4 Å². The number of nitrogens with zero attached hydrogens (tertiary/aromatic N) is 2. The number of carbonyl (C=O) groups excluding carboxylic acids is 2. The number of carbonyl (C=O) groups is 2. The first kappa shape index (κ1) is 22.1. The summed E-state index contributed by atoms with van der Waals surface area (Å²) in [6.45, 7) is 6.79. The highest BCUT2D eigenvalue weighted by molar-refractivity contribution is 6.02. The maximum atomic E-state index is 12.5. The number of nitro groups is 1. The second-order valence-corrected chi connectivity index (χ2v) is 6.43. The molecule has 0 amide bonds. The number of non-ortho nitro benzene ring substituents is 1. The molecule has 0 fully saturated rings. The lowest BCUT2D eigenvalue weighted by atomic mass is 10.1. The van der Waals surface area contributed by atoms with Crippen LogP contribution >= 0.6 is 0 Å². The third-order valence-corrected chi connectivity index (χ3v) is 4.58. The van der Waals surface area contributed by atoms with E-state index in [0.29, 0.717) is 24.4 Å². The van der Waals surface area contributed by atoms with Gasteiger partial charge >= 0.3 is 5.97 Å². The molecule has 0 bridgehead atoms. The van der Waals surface area contributed by atoms with E-state index in [1.54, 1.807) is 6.07 Å². The van der Waals surface area contributed by atoms with Crippen molar-refractivity contribution in [2.45, 2.75) is 27.3 Å². The van der Waals surface area contributed by atoms with Crippen LogP contribution in [0.2, 0.25) is 0 Å². The first-order valence-electron chi connectivity index (χ1n) is 9.18. The molecule has 0 saturated carbocycles. The SMILES string of the molecule is CCn1c(C)cc(C(=O)COC(=O)c2cc([N+](=O)[O-])ccc2NCCOC)c1C. The number of ether oxygens (including phenoxy) is 2. The molecule has 0 atom stereocenters. The Bertz CT molecular complexity index is 919. The Balaban J connectivity index is 2.17. The minimum Gasteiger partial charge on any atom is -0.454 e. The number of methoxy groups -OCH3 is 1. The zero-order valence-electron chi connectivity index (χ0n) is 17.0. The summed E-state index contributed by atoms with van der Waals surface area (Å²) in [5.74, 6) is -1.14. The summed E-state index contributed by atoms with van der Waals surface area (Å²) in [4.78, 5) is 35.5. The maximum Gasteiger partial charge on any atom is 0.340 e. The number of nitrogens with one attached hydrogen (secondary N) is 1. The molecule has 0 radical (unpaired) electrons. The van der Waals surface area contributed by atoms with Crippen LogP contribution in [0.15, 0.2) is 24.3 Å². The van der Waals surface area contributed by atoms with Gasteiger partial charge in [-0.1, -0.05) is 0 Å². The number of nitro benzene ring substituents is 1. The summed E-state index contributed by atoms with van der Waals surface area (Å²) >= 11 is 0. The van der Waals surface area contributed by atoms with Crippen LogP contribution in [-0.2, 0) is 16.0 Å². The summed E-state index contributed by atoms with van der Waals surface area (Å²) < 4.78 is 12.1. The molecule has 2 aromatic rings. The van der Waals surface area contributed by atoms with Gasteiger partial charge in [-0.15, -0.1) is 0 Å². The molecule has 0 aliphatic carbocycles. The van der Waals surface area contributed by atoms with Crippen molar-refractivity contribution in [1.82, 2.24) is 4.57 Å². The standard InChI is InChI=1S/C20H25N3O6/c1-5-22-13(2)10-16(14(22)3)19(24)12-29-20(25)17-11-15(23(26)27)6-7-18(17)21-8-9-28-4/h6-7,10-11,21H,5,8-9,12H2,1-4H3. The van der Waals surface area contributed by atoms with Gasteiger partial charge in [0.1, 0.15) is 0 Å². The van der Waals surface area contributed by atoms with E-state index in [1.165, 1.54) is 19.2 Å². The lowest BCUT2D eigenvalue weighted by Gasteiger charge is -2.11. The number of ketones is 1. The quantitative estimate of drug-likeness (QED) is 0.213. The highest BCUT2D eigenvalue weighted by Gasteiger charge is 2.21. The average molecular weight is 403 g/mol. The number of rotatable bonds is 10. The number of aromatic nitrogens is 1. The fraction of sp³-hybridized carbons (Fsp3) is 0.400. The molecule has 29 heavy (non-hydrogen) atoms. The van der Waals surface area contributed by atoms with Gasteiger partial charge in [0.2, 0.25) is 5.78 Å². The number of hydrogen-bond acceptors (Lipinski definition) is 7. The average Bonchev–Trinajstić information content (AvgIpc) is 2.99. The molecule has 1 heterocycles. The van der Waals surface area contributed by atoms with E-state index in [1.807, 2.05) is 25.3 Å². The van der Waals surface area contributed by atoms with Crippen LogP contribution in [-0.4, -0.2) is 48.1 Å². The largest absolute Gasteiger partial charge is 0.454 e. The molecule has 156 valence electrons.